The number of rotatable bonds is 2. The van der Waals surface area contributed by atoms with Crippen LogP contribution >= 0.6 is 0 Å². The van der Waals surface area contributed by atoms with Crippen LogP contribution in [0, 0.1) is 11.8 Å². The van der Waals surface area contributed by atoms with Gasteiger partial charge in [-0.25, -0.2) is 0 Å². The van der Waals surface area contributed by atoms with Crippen LogP contribution in [0.15, 0.2) is 4.42 Å². The molecular formula is C12H16F3N3O2. The number of carbonyl (C=O) groups is 1. The second-order valence-corrected chi connectivity index (χ2v) is 5.39. The van der Waals surface area contributed by atoms with Gasteiger partial charge < -0.3 is 15.1 Å². The van der Waals surface area contributed by atoms with Gasteiger partial charge in [-0.05, 0) is 18.3 Å². The van der Waals surface area contributed by atoms with E-state index in [1.807, 2.05) is 13.8 Å². The molecule has 112 valence electrons. The quantitative estimate of drug-likeness (QED) is 0.907. The summed E-state index contributed by atoms with van der Waals surface area (Å²) in [6.45, 7) is 5.09. The number of halogens is 3. The van der Waals surface area contributed by atoms with E-state index >= 15 is 0 Å². The molecule has 5 nitrogen and oxygen atoms in total. The van der Waals surface area contributed by atoms with Crippen LogP contribution in [-0.4, -0.2) is 24.0 Å². The van der Waals surface area contributed by atoms with E-state index in [0.29, 0.717) is 24.9 Å². The molecule has 2 N–H and O–H groups in total. The number of primary amides is 1. The fourth-order valence-electron chi connectivity index (χ4n) is 2.62. The third-order valence-corrected chi connectivity index (χ3v) is 3.25. The van der Waals surface area contributed by atoms with Crippen molar-refractivity contribution in [3.8, 4) is 0 Å². The molecule has 20 heavy (non-hydrogen) atoms. The predicted octanol–water partition coefficient (Wildman–Crippen LogP) is 2.27. The van der Waals surface area contributed by atoms with E-state index in [0.717, 1.165) is 6.42 Å². The van der Waals surface area contributed by atoms with Crippen LogP contribution in [-0.2, 0) is 6.18 Å². The van der Waals surface area contributed by atoms with Crippen molar-refractivity contribution >= 4 is 11.9 Å². The SMILES string of the molecule is CC1CC(C)CN(c2nc(C(F)(F)F)c(C(N)=O)o2)C1. The highest BCUT2D eigenvalue weighted by Crippen LogP contribution is 2.35. The summed E-state index contributed by atoms with van der Waals surface area (Å²) >= 11 is 0. The lowest BCUT2D eigenvalue weighted by Gasteiger charge is -2.33. The molecule has 8 heteroatoms. The lowest BCUT2D eigenvalue weighted by molar-refractivity contribution is -0.141. The Morgan fingerprint density at radius 1 is 1.35 bits per heavy atom. The monoisotopic (exact) mass is 291 g/mol. The number of amides is 1. The highest BCUT2D eigenvalue weighted by Gasteiger charge is 2.41. The van der Waals surface area contributed by atoms with Gasteiger partial charge in [-0.2, -0.15) is 18.2 Å². The van der Waals surface area contributed by atoms with Crippen molar-refractivity contribution in [2.45, 2.75) is 26.4 Å². The highest BCUT2D eigenvalue weighted by atomic mass is 19.4. The van der Waals surface area contributed by atoms with Gasteiger partial charge in [0.25, 0.3) is 11.9 Å². The van der Waals surface area contributed by atoms with Gasteiger partial charge in [-0.15, -0.1) is 0 Å². The summed E-state index contributed by atoms with van der Waals surface area (Å²) in [5.41, 5.74) is 3.56. The van der Waals surface area contributed by atoms with Gasteiger partial charge in [0.05, 0.1) is 0 Å². The van der Waals surface area contributed by atoms with Gasteiger partial charge in [0.15, 0.2) is 5.69 Å². The van der Waals surface area contributed by atoms with Crippen LogP contribution in [0.5, 0.6) is 0 Å². The fourth-order valence-corrected chi connectivity index (χ4v) is 2.62. The van der Waals surface area contributed by atoms with Crippen molar-refractivity contribution in [1.29, 1.82) is 0 Å². The third-order valence-electron chi connectivity index (χ3n) is 3.25. The first kappa shape index (κ1) is 14.7. The number of piperidine rings is 1. The maximum Gasteiger partial charge on any atom is 0.437 e. The molecule has 1 amide bonds. The number of oxazole rings is 1. The molecule has 2 rings (SSSR count). The molecular weight excluding hydrogens is 275 g/mol. The Hall–Kier alpha value is -1.73. The van der Waals surface area contributed by atoms with Crippen molar-refractivity contribution < 1.29 is 22.4 Å². The number of hydrogen-bond donors (Lipinski definition) is 1. The molecule has 2 heterocycles. The third kappa shape index (κ3) is 2.88. The van der Waals surface area contributed by atoms with Crippen LogP contribution in [0.1, 0.15) is 36.5 Å². The first-order chi connectivity index (χ1) is 9.18. The van der Waals surface area contributed by atoms with Crippen LogP contribution in [0.3, 0.4) is 0 Å². The molecule has 0 saturated carbocycles. The van der Waals surface area contributed by atoms with Crippen molar-refractivity contribution in [2.24, 2.45) is 17.6 Å². The molecule has 2 atom stereocenters. The van der Waals surface area contributed by atoms with E-state index in [1.54, 1.807) is 4.90 Å². The maximum absolute atomic E-state index is 12.8. The largest absolute Gasteiger partial charge is 0.437 e. The maximum atomic E-state index is 12.8. The number of alkyl halides is 3. The minimum absolute atomic E-state index is 0.190. The Kier molecular flexibility index (Phi) is 3.66. The Labute approximate surface area is 113 Å². The minimum atomic E-state index is -4.76. The zero-order chi connectivity index (χ0) is 15.1. The summed E-state index contributed by atoms with van der Waals surface area (Å²) in [7, 11) is 0. The number of hydrogen-bond acceptors (Lipinski definition) is 4. The average Bonchev–Trinajstić information content (AvgIpc) is 2.71. The topological polar surface area (TPSA) is 72.4 Å². The second-order valence-electron chi connectivity index (χ2n) is 5.39. The van der Waals surface area contributed by atoms with Crippen LogP contribution < -0.4 is 10.6 Å². The Morgan fingerprint density at radius 2 is 1.90 bits per heavy atom. The molecule has 0 aromatic carbocycles. The summed E-state index contributed by atoms with van der Waals surface area (Å²) in [4.78, 5) is 16.1. The standard InChI is InChI=1S/C12H16F3N3O2/c1-6-3-7(2)5-18(4-6)11-17-9(12(13,14)15)8(20-11)10(16)19/h6-7H,3-5H2,1-2H3,(H2,16,19). The van der Waals surface area contributed by atoms with Crippen molar-refractivity contribution in [1.82, 2.24) is 4.98 Å². The second kappa shape index (κ2) is 4.99. The summed E-state index contributed by atoms with van der Waals surface area (Å²) < 4.78 is 43.3. The molecule has 1 fully saturated rings. The van der Waals surface area contributed by atoms with Crippen molar-refractivity contribution in [3.05, 3.63) is 11.5 Å². The zero-order valence-electron chi connectivity index (χ0n) is 11.2. The van der Waals surface area contributed by atoms with Gasteiger partial charge in [0, 0.05) is 13.1 Å². The molecule has 2 unspecified atom stereocenters. The molecule has 0 radical (unpaired) electrons. The number of aromatic nitrogens is 1. The number of carbonyl (C=O) groups excluding carboxylic acids is 1. The zero-order valence-corrected chi connectivity index (χ0v) is 11.2. The molecule has 1 aromatic rings. The van der Waals surface area contributed by atoms with E-state index in [-0.39, 0.29) is 6.01 Å². The van der Waals surface area contributed by atoms with Crippen molar-refractivity contribution in [3.63, 3.8) is 0 Å². The minimum Gasteiger partial charge on any atom is -0.417 e. The van der Waals surface area contributed by atoms with E-state index < -0.39 is 23.5 Å². The van der Waals surface area contributed by atoms with Gasteiger partial charge in [0.1, 0.15) is 0 Å². The molecule has 1 aliphatic rings. The number of nitrogens with two attached hydrogens (primary N) is 1. The molecule has 1 saturated heterocycles. The summed E-state index contributed by atoms with van der Waals surface area (Å²) in [6.07, 6.45) is -3.77. The molecule has 0 bridgehead atoms. The van der Waals surface area contributed by atoms with Gasteiger partial charge in [-0.1, -0.05) is 13.8 Å². The van der Waals surface area contributed by atoms with Crippen LogP contribution in [0.25, 0.3) is 0 Å². The molecule has 1 aliphatic heterocycles. The lowest BCUT2D eigenvalue weighted by atomic mass is 9.92. The van der Waals surface area contributed by atoms with Crippen molar-refractivity contribution in [2.75, 3.05) is 18.0 Å². The first-order valence-corrected chi connectivity index (χ1v) is 6.31. The average molecular weight is 291 g/mol. The highest BCUT2D eigenvalue weighted by molar-refractivity contribution is 5.91. The fraction of sp³-hybridized carbons (Fsp3) is 0.667. The molecule has 0 spiro atoms. The van der Waals surface area contributed by atoms with Crippen LogP contribution in [0.2, 0.25) is 0 Å². The Balaban J connectivity index is 2.36. The summed E-state index contributed by atoms with van der Waals surface area (Å²) in [5.74, 6) is -1.57. The van der Waals surface area contributed by atoms with Gasteiger partial charge >= 0.3 is 6.18 Å². The number of anilines is 1. The Bertz CT molecular complexity index is 503. The first-order valence-electron chi connectivity index (χ1n) is 6.31. The molecule has 1 aromatic heterocycles. The van der Waals surface area contributed by atoms with Gasteiger partial charge in [0.2, 0.25) is 5.76 Å². The summed E-state index contributed by atoms with van der Waals surface area (Å²) in [5, 5.41) is 0. The normalized spacial score (nSPS) is 23.9. The van der Waals surface area contributed by atoms with Crippen LogP contribution in [0.4, 0.5) is 19.2 Å². The summed E-state index contributed by atoms with van der Waals surface area (Å²) in [6, 6.07) is -0.190. The smallest absolute Gasteiger partial charge is 0.417 e. The van der Waals surface area contributed by atoms with E-state index in [4.69, 9.17) is 10.2 Å². The number of nitrogens with zero attached hydrogens (tertiary/aromatic N) is 2. The van der Waals surface area contributed by atoms with E-state index in [1.165, 1.54) is 0 Å². The van der Waals surface area contributed by atoms with E-state index in [9.17, 15) is 18.0 Å². The lowest BCUT2D eigenvalue weighted by Crippen LogP contribution is -2.38. The Morgan fingerprint density at radius 3 is 2.30 bits per heavy atom. The van der Waals surface area contributed by atoms with E-state index in [2.05, 4.69) is 4.98 Å². The predicted molar refractivity (Wildman–Crippen MR) is 65.2 cm³/mol. The van der Waals surface area contributed by atoms with Gasteiger partial charge in [-0.3, -0.25) is 4.79 Å². The molecule has 0 aliphatic carbocycles.